The Kier molecular flexibility index (Phi) is 6.74. The van der Waals surface area contributed by atoms with Gasteiger partial charge in [0.05, 0.1) is 27.7 Å². The second-order valence-corrected chi connectivity index (χ2v) is 10.4. The zero-order valence-corrected chi connectivity index (χ0v) is 21.4. The van der Waals surface area contributed by atoms with Crippen LogP contribution in [0, 0.1) is 17.2 Å². The summed E-state index contributed by atoms with van der Waals surface area (Å²) in [6.07, 6.45) is 1.31. The van der Waals surface area contributed by atoms with E-state index in [1.54, 1.807) is 49.6 Å². The van der Waals surface area contributed by atoms with Gasteiger partial charge in [0.25, 0.3) is 5.91 Å². The number of hydrogen-bond acceptors (Lipinski definition) is 7. The first-order valence-electron chi connectivity index (χ1n) is 11.0. The number of carbonyl (C=O) groups excluding carboxylic acids is 2. The molecule has 36 heavy (non-hydrogen) atoms. The third-order valence-electron chi connectivity index (χ3n) is 6.31. The Balaban J connectivity index is 1.73. The quantitative estimate of drug-likeness (QED) is 0.476. The third-order valence-corrected chi connectivity index (χ3v) is 7.38. The Morgan fingerprint density at radius 2 is 2.08 bits per heavy atom. The maximum atomic E-state index is 13.6. The molecule has 2 amide bonds. The minimum absolute atomic E-state index is 0.145. The van der Waals surface area contributed by atoms with Gasteiger partial charge in [-0.15, -0.1) is 0 Å². The molecular formula is C23H24ClN7O4S. The number of rotatable bonds is 5. The van der Waals surface area contributed by atoms with Gasteiger partial charge in [-0.25, -0.2) is 13.7 Å². The van der Waals surface area contributed by atoms with Crippen molar-refractivity contribution in [3.63, 3.8) is 0 Å². The fraction of sp³-hybridized carbons (Fsp3) is 0.348. The zero-order chi connectivity index (χ0) is 26.4. The molecule has 0 aliphatic carbocycles. The predicted octanol–water partition coefficient (Wildman–Crippen LogP) is 2.32. The number of hydrogen-bond donors (Lipinski definition) is 2. The van der Waals surface area contributed by atoms with Crippen molar-refractivity contribution < 1.29 is 18.4 Å². The summed E-state index contributed by atoms with van der Waals surface area (Å²) in [5, 5.41) is 14.4. The molecule has 11 nitrogen and oxygen atoms in total. The van der Waals surface area contributed by atoms with Gasteiger partial charge in [-0.1, -0.05) is 24.6 Å². The van der Waals surface area contributed by atoms with Crippen LogP contribution in [0.4, 0.5) is 11.5 Å². The molecule has 188 valence electrons. The number of nitriles is 1. The highest BCUT2D eigenvalue weighted by atomic mass is 35.5. The van der Waals surface area contributed by atoms with Gasteiger partial charge in [0.1, 0.15) is 23.5 Å². The highest BCUT2D eigenvalue weighted by molar-refractivity contribution is 7.79. The molecule has 1 saturated heterocycles. The third kappa shape index (κ3) is 4.30. The second-order valence-electron chi connectivity index (χ2n) is 9.02. The Labute approximate surface area is 214 Å². The number of piperazine rings is 1. The van der Waals surface area contributed by atoms with Crippen molar-refractivity contribution in [2.75, 3.05) is 29.5 Å². The minimum Gasteiger partial charge on any atom is -0.382 e. The summed E-state index contributed by atoms with van der Waals surface area (Å²) >= 11 is 4.24. The summed E-state index contributed by atoms with van der Waals surface area (Å²) in [5.74, 6) is -1.48. The number of halogens is 1. The number of nitrogen functional groups attached to an aromatic ring is 1. The van der Waals surface area contributed by atoms with Gasteiger partial charge in [0, 0.05) is 24.6 Å². The molecule has 2 unspecified atom stereocenters. The normalized spacial score (nSPS) is 17.2. The number of amides is 2. The molecule has 13 heteroatoms. The largest absolute Gasteiger partial charge is 0.382 e. The fourth-order valence-electron chi connectivity index (χ4n) is 4.43. The molecule has 2 atom stereocenters. The van der Waals surface area contributed by atoms with Crippen molar-refractivity contribution in [3.05, 3.63) is 41.2 Å². The molecule has 1 aliphatic rings. The molecule has 3 aromatic rings. The van der Waals surface area contributed by atoms with Crippen molar-refractivity contribution in [3.8, 4) is 17.3 Å². The van der Waals surface area contributed by atoms with E-state index in [1.807, 2.05) is 0 Å². The number of fused-ring (bicyclic) bond motifs is 1. The van der Waals surface area contributed by atoms with E-state index in [0.717, 1.165) is 0 Å². The van der Waals surface area contributed by atoms with E-state index >= 15 is 0 Å². The summed E-state index contributed by atoms with van der Waals surface area (Å²) in [5.41, 5.74) is 7.08. The monoisotopic (exact) mass is 529 g/mol. The first-order chi connectivity index (χ1) is 17.0. The van der Waals surface area contributed by atoms with Gasteiger partial charge in [-0.3, -0.25) is 9.59 Å². The number of nitrogens with two attached hydrogens (primary N) is 1. The average molecular weight is 530 g/mol. The molecule has 3 N–H and O–H groups in total. The van der Waals surface area contributed by atoms with E-state index in [9.17, 15) is 23.6 Å². The Bertz CT molecular complexity index is 1450. The highest BCUT2D eigenvalue weighted by Gasteiger charge is 2.46. The molecular weight excluding hydrogens is 506 g/mol. The van der Waals surface area contributed by atoms with E-state index in [4.69, 9.17) is 17.3 Å². The first kappa shape index (κ1) is 25.6. The van der Waals surface area contributed by atoms with Crippen molar-refractivity contribution >= 4 is 51.5 Å². The molecule has 0 radical (unpaired) electrons. The number of nitrogens with zero attached hydrogens (tertiary/aromatic N) is 6. The Morgan fingerprint density at radius 3 is 2.75 bits per heavy atom. The van der Waals surface area contributed by atoms with Crippen LogP contribution in [0.25, 0.3) is 16.8 Å². The molecule has 4 rings (SSSR count). The summed E-state index contributed by atoms with van der Waals surface area (Å²) in [6, 6.07) is 8.86. The zero-order valence-electron chi connectivity index (χ0n) is 19.8. The van der Waals surface area contributed by atoms with Gasteiger partial charge in [-0.2, -0.15) is 10.4 Å². The average Bonchev–Trinajstić information content (AvgIpc) is 3.17. The summed E-state index contributed by atoms with van der Waals surface area (Å²) in [6.45, 7) is 5.14. The number of benzene rings is 1. The summed E-state index contributed by atoms with van der Waals surface area (Å²) in [7, 11) is 0. The SMILES string of the molecule is CC(CS(=O)O)C(=O)N1CCN(c2cc(-c3cc(Cl)c4c(N)ncnn34)ccc2C#N)C(=O)C1(C)C. The lowest BCUT2D eigenvalue weighted by Gasteiger charge is -2.46. The van der Waals surface area contributed by atoms with Crippen molar-refractivity contribution in [1.29, 1.82) is 5.26 Å². The lowest BCUT2D eigenvalue weighted by molar-refractivity contribution is -0.149. The van der Waals surface area contributed by atoms with Crippen molar-refractivity contribution in [1.82, 2.24) is 19.5 Å². The van der Waals surface area contributed by atoms with Crippen LogP contribution in [0.5, 0.6) is 0 Å². The number of carbonyl (C=O) groups is 2. The highest BCUT2D eigenvalue weighted by Crippen LogP contribution is 2.36. The van der Waals surface area contributed by atoms with E-state index in [2.05, 4.69) is 16.2 Å². The number of anilines is 2. The lowest BCUT2D eigenvalue weighted by Crippen LogP contribution is -2.65. The standard InChI is InChI=1S/C23H24ClN7O4S/c1-13(11-36(34)35)21(32)30-7-6-29(22(33)23(30,2)3)17-8-14(4-5-15(17)10-25)18-9-16(24)19-20(26)27-12-28-31(18)19/h4-5,8-9,12-13H,6-7,11H2,1-3H3,(H,34,35)(H2,26,27,28). The molecule has 0 bridgehead atoms. The summed E-state index contributed by atoms with van der Waals surface area (Å²) < 4.78 is 21.9. The van der Waals surface area contributed by atoms with E-state index in [-0.39, 0.29) is 42.0 Å². The van der Waals surface area contributed by atoms with Gasteiger partial charge in [-0.05, 0) is 32.0 Å². The van der Waals surface area contributed by atoms with Crippen LogP contribution < -0.4 is 10.6 Å². The molecule has 0 saturated carbocycles. The van der Waals surface area contributed by atoms with Crippen LogP contribution in [0.15, 0.2) is 30.6 Å². The van der Waals surface area contributed by atoms with Crippen LogP contribution in [0.3, 0.4) is 0 Å². The molecule has 2 aromatic heterocycles. The maximum Gasteiger partial charge on any atom is 0.252 e. The van der Waals surface area contributed by atoms with Gasteiger partial charge < -0.3 is 20.1 Å². The summed E-state index contributed by atoms with van der Waals surface area (Å²) in [4.78, 5) is 33.5. The molecule has 1 aliphatic heterocycles. The Hall–Kier alpha value is -3.53. The first-order valence-corrected chi connectivity index (χ1v) is 12.7. The maximum absolute atomic E-state index is 13.6. The van der Waals surface area contributed by atoms with E-state index < -0.39 is 22.5 Å². The van der Waals surface area contributed by atoms with Crippen LogP contribution in [-0.4, -0.2) is 64.5 Å². The molecule has 1 aromatic carbocycles. The minimum atomic E-state index is -2.13. The predicted molar refractivity (Wildman–Crippen MR) is 136 cm³/mol. The van der Waals surface area contributed by atoms with Crippen LogP contribution in [-0.2, 0) is 20.7 Å². The lowest BCUT2D eigenvalue weighted by atomic mass is 9.94. The van der Waals surface area contributed by atoms with Crippen molar-refractivity contribution in [2.24, 2.45) is 5.92 Å². The van der Waals surface area contributed by atoms with E-state index in [0.29, 0.717) is 27.5 Å². The number of aromatic nitrogens is 3. The van der Waals surface area contributed by atoms with Crippen LogP contribution >= 0.6 is 11.6 Å². The smallest absolute Gasteiger partial charge is 0.252 e. The van der Waals surface area contributed by atoms with Gasteiger partial charge in [0.2, 0.25) is 5.91 Å². The van der Waals surface area contributed by atoms with Gasteiger partial charge in [0.15, 0.2) is 16.9 Å². The Morgan fingerprint density at radius 1 is 1.36 bits per heavy atom. The second kappa shape index (κ2) is 9.50. The topological polar surface area (TPSA) is 158 Å². The fourth-order valence-corrected chi connectivity index (χ4v) is 5.28. The van der Waals surface area contributed by atoms with Crippen molar-refractivity contribution in [2.45, 2.75) is 26.3 Å². The molecule has 0 spiro atoms. The molecule has 1 fully saturated rings. The van der Waals surface area contributed by atoms with E-state index in [1.165, 1.54) is 16.1 Å². The van der Waals surface area contributed by atoms with Gasteiger partial charge >= 0.3 is 0 Å². The molecule has 3 heterocycles. The van der Waals surface area contributed by atoms with Crippen LogP contribution in [0.1, 0.15) is 26.3 Å². The van der Waals surface area contributed by atoms with Crippen LogP contribution in [0.2, 0.25) is 5.02 Å².